The Morgan fingerprint density at radius 1 is 1.14 bits per heavy atom. The van der Waals surface area contributed by atoms with Gasteiger partial charge in [0.2, 0.25) is 0 Å². The van der Waals surface area contributed by atoms with Crippen molar-refractivity contribution in [3.8, 4) is 5.75 Å². The molecule has 0 saturated carbocycles. The molecular formula is C21H32O7. The third-order valence-corrected chi connectivity index (χ3v) is 4.98. The fourth-order valence-corrected chi connectivity index (χ4v) is 3.52. The molecule has 1 unspecified atom stereocenters. The highest BCUT2D eigenvalue weighted by atomic mass is 16.8. The normalized spacial score (nSPS) is 29.6. The molecule has 28 heavy (non-hydrogen) atoms. The van der Waals surface area contributed by atoms with E-state index in [2.05, 4.69) is 6.92 Å². The van der Waals surface area contributed by atoms with E-state index < -0.39 is 43.1 Å². The zero-order chi connectivity index (χ0) is 20.1. The van der Waals surface area contributed by atoms with Crippen LogP contribution in [0.15, 0.2) is 24.3 Å². The molecule has 5 atom stereocenters. The highest BCUT2D eigenvalue weighted by Crippen LogP contribution is 2.39. The molecule has 2 N–H and O–H groups in total. The summed E-state index contributed by atoms with van der Waals surface area (Å²) in [4.78, 5) is 0. The first-order chi connectivity index (χ1) is 13.4. The second kappa shape index (κ2) is 9.52. The first-order valence-corrected chi connectivity index (χ1v) is 10.1. The van der Waals surface area contributed by atoms with Crippen molar-refractivity contribution in [3.63, 3.8) is 0 Å². The second-order valence-electron chi connectivity index (χ2n) is 7.79. The van der Waals surface area contributed by atoms with E-state index in [-0.39, 0.29) is 0 Å². The van der Waals surface area contributed by atoms with E-state index in [1.54, 1.807) is 0 Å². The van der Waals surface area contributed by atoms with Crippen LogP contribution in [-0.4, -0.2) is 59.9 Å². The minimum atomic E-state index is -1.06. The van der Waals surface area contributed by atoms with Crippen LogP contribution in [0.3, 0.4) is 0 Å². The van der Waals surface area contributed by atoms with Crippen molar-refractivity contribution < 1.29 is 33.9 Å². The van der Waals surface area contributed by atoms with Gasteiger partial charge in [-0.15, -0.1) is 0 Å². The quantitative estimate of drug-likeness (QED) is 0.587. The molecule has 3 rings (SSSR count). The lowest BCUT2D eigenvalue weighted by atomic mass is 10.1. The standard InChI is InChI=1S/C21H32O7/c1-4-5-6-11-24-15-9-7-14(8-10-15)13-25-18-17(16(23)12-22)26-20-19(18)27-21(2,3)28-20/h7-10,16-20,22-23H,4-6,11-13H2,1-3H3/t16?,17-,18+,19-,20-/m0/s1. The van der Waals surface area contributed by atoms with Crippen LogP contribution in [-0.2, 0) is 25.6 Å². The maximum atomic E-state index is 10.1. The fraction of sp³-hybridized carbons (Fsp3) is 0.714. The number of benzene rings is 1. The average Bonchev–Trinajstić information content (AvgIpc) is 3.15. The van der Waals surface area contributed by atoms with Crippen LogP contribution >= 0.6 is 0 Å². The average molecular weight is 396 g/mol. The summed E-state index contributed by atoms with van der Waals surface area (Å²) in [5.74, 6) is 0.0648. The molecule has 2 saturated heterocycles. The molecule has 7 nitrogen and oxygen atoms in total. The predicted molar refractivity (Wildman–Crippen MR) is 102 cm³/mol. The highest BCUT2D eigenvalue weighted by molar-refractivity contribution is 5.26. The molecule has 0 spiro atoms. The van der Waals surface area contributed by atoms with E-state index in [4.69, 9.17) is 23.7 Å². The summed E-state index contributed by atoms with van der Waals surface area (Å²) in [5.41, 5.74) is 0.972. The first-order valence-electron chi connectivity index (χ1n) is 10.1. The smallest absolute Gasteiger partial charge is 0.190 e. The van der Waals surface area contributed by atoms with Crippen LogP contribution in [0.4, 0.5) is 0 Å². The molecule has 1 aromatic rings. The van der Waals surface area contributed by atoms with Gasteiger partial charge in [0.1, 0.15) is 30.2 Å². The molecular weight excluding hydrogens is 364 g/mol. The van der Waals surface area contributed by atoms with Crippen molar-refractivity contribution in [2.75, 3.05) is 13.2 Å². The van der Waals surface area contributed by atoms with Gasteiger partial charge in [-0.05, 0) is 38.0 Å². The molecule has 2 aliphatic heterocycles. The van der Waals surface area contributed by atoms with Crippen molar-refractivity contribution >= 4 is 0 Å². The van der Waals surface area contributed by atoms with Crippen molar-refractivity contribution in [1.82, 2.24) is 0 Å². The number of aliphatic hydroxyl groups is 2. The van der Waals surface area contributed by atoms with Gasteiger partial charge in [0.15, 0.2) is 12.1 Å². The van der Waals surface area contributed by atoms with Crippen LogP contribution in [0.2, 0.25) is 0 Å². The van der Waals surface area contributed by atoms with E-state index in [9.17, 15) is 10.2 Å². The van der Waals surface area contributed by atoms with E-state index in [0.717, 1.165) is 24.3 Å². The van der Waals surface area contributed by atoms with Gasteiger partial charge in [0, 0.05) is 0 Å². The molecule has 0 radical (unpaired) electrons. The fourth-order valence-electron chi connectivity index (χ4n) is 3.52. The molecule has 0 amide bonds. The van der Waals surface area contributed by atoms with Gasteiger partial charge >= 0.3 is 0 Å². The van der Waals surface area contributed by atoms with Gasteiger partial charge in [-0.3, -0.25) is 0 Å². The Labute approximate surface area is 166 Å². The largest absolute Gasteiger partial charge is 0.494 e. The monoisotopic (exact) mass is 396 g/mol. The van der Waals surface area contributed by atoms with E-state index >= 15 is 0 Å². The molecule has 2 heterocycles. The van der Waals surface area contributed by atoms with Crippen molar-refractivity contribution in [2.24, 2.45) is 0 Å². The Morgan fingerprint density at radius 2 is 1.89 bits per heavy atom. The summed E-state index contributed by atoms with van der Waals surface area (Å²) in [6.45, 7) is 6.41. The SMILES string of the molecule is CCCCCOc1ccc(CO[C@H]2[C@@H]3OC(C)(C)O[C@@H]3O[C@H]2C(O)CO)cc1. The zero-order valence-corrected chi connectivity index (χ0v) is 16.9. The predicted octanol–water partition coefficient (Wildman–Crippen LogP) is 2.37. The summed E-state index contributed by atoms with van der Waals surface area (Å²) in [6.07, 6.45) is -0.00224. The number of unbranched alkanes of at least 4 members (excludes halogenated alkanes) is 2. The number of rotatable bonds is 10. The number of fused-ring (bicyclic) bond motifs is 1. The Kier molecular flexibility index (Phi) is 7.31. The van der Waals surface area contributed by atoms with Gasteiger partial charge < -0.3 is 33.9 Å². The lowest BCUT2D eigenvalue weighted by Gasteiger charge is -2.28. The van der Waals surface area contributed by atoms with E-state index in [1.807, 2.05) is 38.1 Å². The lowest BCUT2D eigenvalue weighted by molar-refractivity contribution is -0.232. The molecule has 0 aliphatic carbocycles. The van der Waals surface area contributed by atoms with Crippen molar-refractivity contribution in [1.29, 1.82) is 0 Å². The van der Waals surface area contributed by atoms with Crippen LogP contribution in [0.25, 0.3) is 0 Å². The van der Waals surface area contributed by atoms with E-state index in [0.29, 0.717) is 6.61 Å². The van der Waals surface area contributed by atoms with Gasteiger partial charge in [0.05, 0.1) is 19.8 Å². The van der Waals surface area contributed by atoms with Gasteiger partial charge in [-0.2, -0.15) is 0 Å². The van der Waals surface area contributed by atoms with Gasteiger partial charge in [-0.1, -0.05) is 31.9 Å². The zero-order valence-electron chi connectivity index (χ0n) is 16.9. The van der Waals surface area contributed by atoms with Crippen LogP contribution in [0.5, 0.6) is 5.75 Å². The number of hydrogen-bond donors (Lipinski definition) is 2. The molecule has 2 aliphatic rings. The maximum absolute atomic E-state index is 10.1. The van der Waals surface area contributed by atoms with Crippen LogP contribution in [0, 0.1) is 0 Å². The van der Waals surface area contributed by atoms with Crippen LogP contribution < -0.4 is 4.74 Å². The maximum Gasteiger partial charge on any atom is 0.190 e. The first kappa shape index (κ1) is 21.5. The Balaban J connectivity index is 1.56. The molecule has 1 aromatic carbocycles. The Bertz CT molecular complexity index is 603. The minimum Gasteiger partial charge on any atom is -0.494 e. The summed E-state index contributed by atoms with van der Waals surface area (Å²) in [7, 11) is 0. The van der Waals surface area contributed by atoms with Crippen molar-refractivity contribution in [3.05, 3.63) is 29.8 Å². The van der Waals surface area contributed by atoms with E-state index in [1.165, 1.54) is 12.8 Å². The Morgan fingerprint density at radius 3 is 2.57 bits per heavy atom. The summed E-state index contributed by atoms with van der Waals surface area (Å²) >= 11 is 0. The number of hydrogen-bond acceptors (Lipinski definition) is 7. The molecule has 158 valence electrons. The van der Waals surface area contributed by atoms with Gasteiger partial charge in [-0.25, -0.2) is 0 Å². The Hall–Kier alpha value is -1.22. The van der Waals surface area contributed by atoms with Gasteiger partial charge in [0.25, 0.3) is 0 Å². The summed E-state index contributed by atoms with van der Waals surface area (Å²) in [6, 6.07) is 7.76. The van der Waals surface area contributed by atoms with Crippen LogP contribution in [0.1, 0.15) is 45.6 Å². The molecule has 7 heteroatoms. The number of aliphatic hydroxyl groups excluding tert-OH is 2. The summed E-state index contributed by atoms with van der Waals surface area (Å²) < 4.78 is 29.1. The molecule has 2 fully saturated rings. The summed E-state index contributed by atoms with van der Waals surface area (Å²) in [5, 5.41) is 19.4. The third-order valence-electron chi connectivity index (χ3n) is 4.98. The molecule has 0 aromatic heterocycles. The number of ether oxygens (including phenoxy) is 5. The minimum absolute atomic E-state index is 0.325. The topological polar surface area (TPSA) is 86.6 Å². The highest BCUT2D eigenvalue weighted by Gasteiger charge is 2.56. The van der Waals surface area contributed by atoms with Crippen molar-refractivity contribution in [2.45, 2.75) is 83.1 Å². The third kappa shape index (κ3) is 5.23. The molecule has 0 bridgehead atoms. The second-order valence-corrected chi connectivity index (χ2v) is 7.79. The lowest BCUT2D eigenvalue weighted by Crippen LogP contribution is -2.44.